The number of hydrogen-bond donors (Lipinski definition) is 0. The minimum Gasteiger partial charge on any atom is -0.223 e. The molecule has 0 saturated heterocycles. The predicted octanol–water partition coefficient (Wildman–Crippen LogP) is 6.69. The van der Waals surface area contributed by atoms with Crippen molar-refractivity contribution < 1.29 is 9.13 Å². The van der Waals surface area contributed by atoms with Gasteiger partial charge >= 0.3 is 11.4 Å². The molecule has 0 bridgehead atoms. The van der Waals surface area contributed by atoms with Gasteiger partial charge in [0.05, 0.1) is 33.5 Å². The number of hydrogen-bond acceptors (Lipinski definition) is 1. The lowest BCUT2D eigenvalue weighted by Crippen LogP contribution is -2.57. The fourth-order valence-electron chi connectivity index (χ4n) is 8.26. The highest BCUT2D eigenvalue weighted by atomic mass is 32.2. The zero-order valence-electron chi connectivity index (χ0n) is 22.6. The average molecular weight is 514 g/mol. The highest BCUT2D eigenvalue weighted by molar-refractivity contribution is 7.99. The maximum Gasteiger partial charge on any atom is 0.346 e. The summed E-state index contributed by atoms with van der Waals surface area (Å²) in [6.07, 6.45) is 4.74. The molecule has 1 unspecified atom stereocenters. The molecule has 4 heteroatoms. The number of para-hydroxylation sites is 1. The topological polar surface area (TPSA) is 12.7 Å². The summed E-state index contributed by atoms with van der Waals surface area (Å²) >= 11 is 2.01. The predicted molar refractivity (Wildman–Crippen MR) is 151 cm³/mol. The van der Waals surface area contributed by atoms with Crippen LogP contribution in [-0.2, 0) is 23.4 Å². The molecule has 5 aromatic rings. The van der Waals surface area contributed by atoms with Gasteiger partial charge < -0.3 is 0 Å². The van der Waals surface area contributed by atoms with Gasteiger partial charge in [-0.2, -0.15) is 9.13 Å². The van der Waals surface area contributed by atoms with Crippen molar-refractivity contribution in [3.05, 3.63) is 101 Å². The van der Waals surface area contributed by atoms with Gasteiger partial charge in [-0.15, -0.1) is 0 Å². The van der Waals surface area contributed by atoms with E-state index in [1.807, 2.05) is 11.8 Å². The molecular weight excluding hydrogens is 482 g/mol. The summed E-state index contributed by atoms with van der Waals surface area (Å²) in [5, 5.41) is 0. The Morgan fingerprint density at radius 2 is 1.61 bits per heavy atom. The van der Waals surface area contributed by atoms with Crippen molar-refractivity contribution in [1.82, 2.24) is 4.57 Å². The molecule has 1 atom stereocenters. The third-order valence-electron chi connectivity index (χ3n) is 10.1. The van der Waals surface area contributed by atoms with Gasteiger partial charge in [-0.05, 0) is 65.1 Å². The molecular formula is C34H31N3S+2. The Bertz CT molecular complexity index is 1880. The lowest BCUT2D eigenvalue weighted by molar-refractivity contribution is -0.733. The molecule has 3 aliphatic heterocycles. The minimum absolute atomic E-state index is 0.131. The molecule has 2 aromatic heterocycles. The summed E-state index contributed by atoms with van der Waals surface area (Å²) in [5.41, 5.74) is 12.5. The first kappa shape index (κ1) is 21.6. The Hall–Kier alpha value is -3.37. The van der Waals surface area contributed by atoms with Crippen LogP contribution in [0.5, 0.6) is 0 Å². The normalized spacial score (nSPS) is 22.0. The smallest absolute Gasteiger partial charge is 0.223 e. The summed E-state index contributed by atoms with van der Waals surface area (Å²) in [5.74, 6) is 1.34. The van der Waals surface area contributed by atoms with Crippen molar-refractivity contribution in [1.29, 1.82) is 0 Å². The Morgan fingerprint density at radius 3 is 2.47 bits per heavy atom. The quantitative estimate of drug-likeness (QED) is 0.206. The first-order chi connectivity index (χ1) is 18.3. The molecule has 0 N–H and O–H groups in total. The van der Waals surface area contributed by atoms with Gasteiger partial charge in [0.15, 0.2) is 22.9 Å². The van der Waals surface area contributed by atoms with E-state index < -0.39 is 5.54 Å². The third kappa shape index (κ3) is 2.14. The third-order valence-corrected chi connectivity index (χ3v) is 11.2. The van der Waals surface area contributed by atoms with E-state index in [9.17, 15) is 0 Å². The van der Waals surface area contributed by atoms with Crippen molar-refractivity contribution in [3.63, 3.8) is 0 Å². The van der Waals surface area contributed by atoms with Crippen LogP contribution in [0.3, 0.4) is 0 Å². The van der Waals surface area contributed by atoms with Gasteiger partial charge in [-0.25, -0.2) is 4.57 Å². The number of pyridine rings is 1. The van der Waals surface area contributed by atoms with Gasteiger partial charge in [0.2, 0.25) is 5.69 Å². The minimum atomic E-state index is -0.417. The van der Waals surface area contributed by atoms with Gasteiger partial charge in [-0.1, -0.05) is 63.7 Å². The van der Waals surface area contributed by atoms with Crippen molar-refractivity contribution in [3.8, 4) is 16.9 Å². The van der Waals surface area contributed by atoms with Gasteiger partial charge in [-0.3, -0.25) is 0 Å². The summed E-state index contributed by atoms with van der Waals surface area (Å²) in [6.45, 7) is 9.87. The van der Waals surface area contributed by atoms with E-state index in [2.05, 4.69) is 121 Å². The fourth-order valence-corrected chi connectivity index (χ4v) is 9.70. The molecule has 0 radical (unpaired) electrons. The Labute approximate surface area is 227 Å². The van der Waals surface area contributed by atoms with Crippen molar-refractivity contribution in [2.24, 2.45) is 7.05 Å². The van der Waals surface area contributed by atoms with E-state index in [1.54, 1.807) is 11.1 Å². The lowest BCUT2D eigenvalue weighted by Gasteiger charge is -2.43. The summed E-state index contributed by atoms with van der Waals surface area (Å²) in [6, 6.07) is 25.3. The highest BCUT2D eigenvalue weighted by Crippen LogP contribution is 2.59. The van der Waals surface area contributed by atoms with E-state index in [4.69, 9.17) is 0 Å². The second-order valence-corrected chi connectivity index (χ2v) is 14.0. The number of nitrogens with zero attached hydrogens (tertiary/aromatic N) is 3. The van der Waals surface area contributed by atoms with Crippen molar-refractivity contribution in [2.45, 2.75) is 66.7 Å². The maximum atomic E-state index is 2.65. The van der Waals surface area contributed by atoms with Crippen LogP contribution in [0.2, 0.25) is 0 Å². The van der Waals surface area contributed by atoms with Crippen LogP contribution in [0.25, 0.3) is 28.0 Å². The maximum absolute atomic E-state index is 2.65. The number of fused-ring (bicyclic) bond motifs is 9. The van der Waals surface area contributed by atoms with E-state index in [1.165, 1.54) is 67.6 Å². The Morgan fingerprint density at radius 1 is 0.816 bits per heavy atom. The van der Waals surface area contributed by atoms with Crippen LogP contribution in [0.4, 0.5) is 0 Å². The molecule has 3 nitrogen and oxygen atoms in total. The van der Waals surface area contributed by atoms with E-state index in [0.717, 1.165) is 0 Å². The number of rotatable bonds is 0. The van der Waals surface area contributed by atoms with Crippen LogP contribution < -0.4 is 9.13 Å². The molecule has 0 fully saturated rings. The molecule has 186 valence electrons. The van der Waals surface area contributed by atoms with Crippen LogP contribution in [-0.4, -0.2) is 4.57 Å². The zero-order valence-corrected chi connectivity index (χ0v) is 23.4. The SMILES string of the molecule is Cn1c2[n+]3c4c(cccc41)Sc1c-3c(cc3c1C(C)(C)CCC3(C)C)C21c2ccccc2-c2cccc[n+]21. The molecule has 3 aromatic carbocycles. The zero-order chi connectivity index (χ0) is 25.8. The van der Waals surface area contributed by atoms with Gasteiger partial charge in [0.1, 0.15) is 0 Å². The molecule has 5 heterocycles. The van der Waals surface area contributed by atoms with Crippen LogP contribution >= 0.6 is 11.8 Å². The molecule has 0 saturated carbocycles. The first-order valence-electron chi connectivity index (χ1n) is 13.8. The van der Waals surface area contributed by atoms with Gasteiger partial charge in [0, 0.05) is 12.1 Å². The fraction of sp³-hybridized carbons (Fsp3) is 0.294. The Balaban J connectivity index is 1.58. The summed E-state index contributed by atoms with van der Waals surface area (Å²) in [4.78, 5) is 2.85. The number of imidazole rings is 1. The summed E-state index contributed by atoms with van der Waals surface area (Å²) in [7, 11) is 2.28. The molecule has 9 rings (SSSR count). The molecule has 0 amide bonds. The van der Waals surface area contributed by atoms with Crippen LogP contribution in [0, 0.1) is 0 Å². The average Bonchev–Trinajstić information content (AvgIpc) is 3.50. The second kappa shape index (κ2) is 6.43. The standard InChI is InChI=1S/C34H31N3S/c1-32(2)16-17-33(3,4)27-22(32)19-23-28-30(27)38-26-15-10-14-25-29(26)37(28)31(35(25)5)34(23)21-12-7-6-11-20(21)24-13-8-9-18-36(24)34/h6-15,18-19H,16-17H2,1-5H3/q+2. The monoisotopic (exact) mass is 513 g/mol. The number of aromatic nitrogens is 3. The largest absolute Gasteiger partial charge is 0.346 e. The van der Waals surface area contributed by atoms with Crippen LogP contribution in [0.15, 0.2) is 82.7 Å². The molecule has 38 heavy (non-hydrogen) atoms. The summed E-state index contributed by atoms with van der Waals surface area (Å²) < 4.78 is 7.70. The van der Waals surface area contributed by atoms with E-state index in [0.29, 0.717) is 0 Å². The van der Waals surface area contributed by atoms with E-state index >= 15 is 0 Å². The highest BCUT2D eigenvalue weighted by Gasteiger charge is 2.69. The van der Waals surface area contributed by atoms with E-state index in [-0.39, 0.29) is 10.8 Å². The number of aryl methyl sites for hydroxylation is 1. The first-order valence-corrected chi connectivity index (χ1v) is 14.6. The molecule has 1 spiro atoms. The molecule has 1 aliphatic carbocycles. The van der Waals surface area contributed by atoms with Crippen molar-refractivity contribution >= 4 is 22.8 Å². The van der Waals surface area contributed by atoms with Gasteiger partial charge in [0.25, 0.3) is 0 Å². The number of benzene rings is 3. The van der Waals surface area contributed by atoms with Crippen LogP contribution in [0.1, 0.15) is 68.6 Å². The second-order valence-electron chi connectivity index (χ2n) is 12.9. The Kier molecular flexibility index (Phi) is 3.65. The lowest BCUT2D eigenvalue weighted by atomic mass is 9.62. The molecule has 4 aliphatic rings. The van der Waals surface area contributed by atoms with Crippen molar-refractivity contribution in [2.75, 3.05) is 0 Å².